The van der Waals surface area contributed by atoms with Crippen LogP contribution in [0.2, 0.25) is 0 Å². The molecule has 1 saturated heterocycles. The van der Waals surface area contributed by atoms with Crippen LogP contribution in [0.3, 0.4) is 0 Å². The molecule has 7 nitrogen and oxygen atoms in total. The number of aromatic nitrogens is 2. The molecule has 1 atom stereocenters. The van der Waals surface area contributed by atoms with Crippen LogP contribution in [-0.4, -0.2) is 51.8 Å². The van der Waals surface area contributed by atoms with Gasteiger partial charge in [-0.15, -0.1) is 0 Å². The minimum Gasteiger partial charge on any atom is -0.473 e. The van der Waals surface area contributed by atoms with Crippen molar-refractivity contribution < 1.29 is 14.3 Å². The third kappa shape index (κ3) is 5.08. The average molecular weight is 399 g/mol. The van der Waals surface area contributed by atoms with E-state index < -0.39 is 5.60 Å². The Morgan fingerprint density at radius 2 is 1.86 bits per heavy atom. The molecular formula is C22H30N4O3. The van der Waals surface area contributed by atoms with E-state index in [0.29, 0.717) is 30.9 Å². The third-order valence-electron chi connectivity index (χ3n) is 5.12. The fraction of sp³-hybridized carbons (Fsp3) is 0.591. The summed E-state index contributed by atoms with van der Waals surface area (Å²) in [6.07, 6.45) is 4.97. The fourth-order valence-corrected chi connectivity index (χ4v) is 3.51. The van der Waals surface area contributed by atoms with E-state index in [0.717, 1.165) is 43.1 Å². The highest BCUT2D eigenvalue weighted by Gasteiger charge is 2.31. The number of rotatable bonds is 5. The zero-order chi connectivity index (χ0) is 20.4. The van der Waals surface area contributed by atoms with Crippen molar-refractivity contribution in [3.8, 4) is 5.88 Å². The number of carbonyl (C=O) groups is 1. The number of piperidine rings is 1. The van der Waals surface area contributed by atoms with Crippen LogP contribution in [0.1, 0.15) is 52.9 Å². The molecule has 0 bridgehead atoms. The highest BCUT2D eigenvalue weighted by Crippen LogP contribution is 2.30. The second-order valence-electron chi connectivity index (χ2n) is 8.92. The number of para-hydroxylation sites is 2. The van der Waals surface area contributed by atoms with Gasteiger partial charge in [-0.2, -0.15) is 0 Å². The topological polar surface area (TPSA) is 76.6 Å². The van der Waals surface area contributed by atoms with E-state index in [-0.39, 0.29) is 12.1 Å². The highest BCUT2D eigenvalue weighted by molar-refractivity contribution is 5.77. The van der Waals surface area contributed by atoms with Crippen molar-refractivity contribution in [1.29, 1.82) is 0 Å². The summed E-state index contributed by atoms with van der Waals surface area (Å²) >= 11 is 0. The molecule has 4 rings (SSSR count). The first-order valence-electron chi connectivity index (χ1n) is 10.5. The van der Waals surface area contributed by atoms with Crippen molar-refractivity contribution in [3.05, 3.63) is 24.3 Å². The number of amides is 1. The lowest BCUT2D eigenvalue weighted by molar-refractivity contribution is 0.00340. The second kappa shape index (κ2) is 8.05. The van der Waals surface area contributed by atoms with Crippen LogP contribution >= 0.6 is 0 Å². The van der Waals surface area contributed by atoms with E-state index in [2.05, 4.69) is 10.3 Å². The molecule has 2 heterocycles. The minimum atomic E-state index is -0.509. The molecular weight excluding hydrogens is 368 g/mol. The van der Waals surface area contributed by atoms with Crippen LogP contribution in [0.15, 0.2) is 24.3 Å². The van der Waals surface area contributed by atoms with E-state index in [1.807, 2.05) is 45.0 Å². The number of nitrogens with one attached hydrogen (secondary N) is 1. The van der Waals surface area contributed by atoms with Crippen LogP contribution in [0.4, 0.5) is 10.6 Å². The van der Waals surface area contributed by atoms with Gasteiger partial charge >= 0.3 is 6.09 Å². The molecule has 2 fully saturated rings. The summed E-state index contributed by atoms with van der Waals surface area (Å²) in [5.41, 5.74) is 1.14. The Kier molecular flexibility index (Phi) is 5.48. The largest absolute Gasteiger partial charge is 0.473 e. The van der Waals surface area contributed by atoms with Gasteiger partial charge in [-0.05, 0) is 65.0 Å². The molecule has 2 aliphatic rings. The number of carbonyl (C=O) groups excluding carboxylic acids is 1. The average Bonchev–Trinajstić information content (AvgIpc) is 3.49. The van der Waals surface area contributed by atoms with E-state index in [1.54, 1.807) is 4.90 Å². The lowest BCUT2D eigenvalue weighted by Crippen LogP contribution is -2.48. The summed E-state index contributed by atoms with van der Waals surface area (Å²) in [5, 5.41) is 3.43. The Morgan fingerprint density at radius 3 is 2.55 bits per heavy atom. The van der Waals surface area contributed by atoms with Crippen molar-refractivity contribution in [2.24, 2.45) is 0 Å². The minimum absolute atomic E-state index is 0.0272. The summed E-state index contributed by atoms with van der Waals surface area (Å²) < 4.78 is 11.7. The zero-order valence-corrected chi connectivity index (χ0v) is 17.5. The molecule has 1 amide bonds. The molecule has 29 heavy (non-hydrogen) atoms. The number of fused-ring (bicyclic) bond motifs is 1. The zero-order valence-electron chi connectivity index (χ0n) is 17.5. The van der Waals surface area contributed by atoms with Crippen LogP contribution in [0.5, 0.6) is 5.88 Å². The predicted octanol–water partition coefficient (Wildman–Crippen LogP) is 4.37. The first-order valence-corrected chi connectivity index (χ1v) is 10.5. The molecule has 1 N–H and O–H groups in total. The molecule has 0 radical (unpaired) electrons. The van der Waals surface area contributed by atoms with E-state index in [4.69, 9.17) is 14.5 Å². The number of likely N-dealkylation sites (tertiary alicyclic amines) is 1. The summed E-state index contributed by atoms with van der Waals surface area (Å²) in [5.74, 6) is 1.19. The Labute approximate surface area is 171 Å². The second-order valence-corrected chi connectivity index (χ2v) is 8.92. The summed E-state index contributed by atoms with van der Waals surface area (Å²) in [6.45, 7) is 6.74. The SMILES string of the molecule is CC(C)(C)OC(=O)N1CCCC[C@H]1COc1nc2ccccc2nc1NC1CC1. The van der Waals surface area contributed by atoms with Crippen LogP contribution in [0.25, 0.3) is 11.0 Å². The van der Waals surface area contributed by atoms with E-state index in [9.17, 15) is 4.79 Å². The number of benzene rings is 1. The molecule has 156 valence electrons. The van der Waals surface area contributed by atoms with E-state index in [1.165, 1.54) is 0 Å². The van der Waals surface area contributed by atoms with Gasteiger partial charge < -0.3 is 19.7 Å². The molecule has 1 aromatic heterocycles. The Bertz CT molecular complexity index is 876. The maximum absolute atomic E-state index is 12.6. The molecule has 1 aliphatic heterocycles. The number of hydrogen-bond acceptors (Lipinski definition) is 6. The Hall–Kier alpha value is -2.57. The quantitative estimate of drug-likeness (QED) is 0.806. The number of nitrogens with zero attached hydrogens (tertiary/aromatic N) is 3. The predicted molar refractivity (Wildman–Crippen MR) is 112 cm³/mol. The Balaban J connectivity index is 1.50. The standard InChI is InChI=1S/C22H30N4O3/c1-22(2,3)29-21(27)26-13-7-6-8-16(26)14-28-20-19(23-15-11-12-15)24-17-9-4-5-10-18(17)25-20/h4-5,9-10,15-16H,6-8,11-14H2,1-3H3,(H,23,24)/t16-/m0/s1. The van der Waals surface area contributed by atoms with Crippen LogP contribution in [-0.2, 0) is 4.74 Å². The van der Waals surface area contributed by atoms with E-state index >= 15 is 0 Å². The summed E-state index contributed by atoms with van der Waals surface area (Å²) in [4.78, 5) is 23.8. The molecule has 7 heteroatoms. The van der Waals surface area contributed by atoms with Gasteiger partial charge in [-0.1, -0.05) is 12.1 Å². The molecule has 0 spiro atoms. The van der Waals surface area contributed by atoms with Crippen LogP contribution < -0.4 is 10.1 Å². The number of ether oxygens (including phenoxy) is 2. The highest BCUT2D eigenvalue weighted by atomic mass is 16.6. The monoisotopic (exact) mass is 398 g/mol. The molecule has 0 unspecified atom stereocenters. The van der Waals surface area contributed by atoms with Crippen molar-refractivity contribution >= 4 is 22.9 Å². The van der Waals surface area contributed by atoms with Gasteiger partial charge in [0.1, 0.15) is 12.2 Å². The van der Waals surface area contributed by atoms with Gasteiger partial charge in [0.15, 0.2) is 5.82 Å². The number of hydrogen-bond donors (Lipinski definition) is 1. The van der Waals surface area contributed by atoms with Gasteiger partial charge in [0, 0.05) is 12.6 Å². The lowest BCUT2D eigenvalue weighted by atomic mass is 10.0. The first kappa shape index (κ1) is 19.7. The van der Waals surface area contributed by atoms with Gasteiger partial charge in [0.25, 0.3) is 5.88 Å². The van der Waals surface area contributed by atoms with Crippen molar-refractivity contribution in [3.63, 3.8) is 0 Å². The third-order valence-corrected chi connectivity index (χ3v) is 5.12. The van der Waals surface area contributed by atoms with Crippen molar-refractivity contribution in [1.82, 2.24) is 14.9 Å². The molecule has 1 saturated carbocycles. The normalized spacial score (nSPS) is 19.8. The van der Waals surface area contributed by atoms with Gasteiger partial charge in [0.05, 0.1) is 17.1 Å². The van der Waals surface area contributed by atoms with Crippen molar-refractivity contribution in [2.45, 2.75) is 70.6 Å². The van der Waals surface area contributed by atoms with Gasteiger partial charge in [0.2, 0.25) is 0 Å². The first-order chi connectivity index (χ1) is 13.9. The summed E-state index contributed by atoms with van der Waals surface area (Å²) in [6, 6.07) is 8.21. The fourth-order valence-electron chi connectivity index (χ4n) is 3.51. The maximum Gasteiger partial charge on any atom is 0.410 e. The number of anilines is 1. The van der Waals surface area contributed by atoms with Gasteiger partial charge in [-0.3, -0.25) is 0 Å². The molecule has 1 aliphatic carbocycles. The maximum atomic E-state index is 12.6. The Morgan fingerprint density at radius 1 is 1.14 bits per heavy atom. The van der Waals surface area contributed by atoms with Crippen LogP contribution in [0, 0.1) is 0 Å². The lowest BCUT2D eigenvalue weighted by Gasteiger charge is -2.36. The van der Waals surface area contributed by atoms with Gasteiger partial charge in [-0.25, -0.2) is 14.8 Å². The smallest absolute Gasteiger partial charge is 0.410 e. The molecule has 2 aromatic rings. The summed E-state index contributed by atoms with van der Waals surface area (Å²) in [7, 11) is 0. The molecule has 1 aromatic carbocycles. The van der Waals surface area contributed by atoms with Crippen molar-refractivity contribution in [2.75, 3.05) is 18.5 Å².